The first kappa shape index (κ1) is 18.1. The molecule has 3 rings (SSSR count). The number of benzene rings is 1. The number of nitro groups is 1. The Labute approximate surface area is 150 Å². The fraction of sp³-hybridized carbons (Fsp3) is 0.312. The summed E-state index contributed by atoms with van der Waals surface area (Å²) in [5.74, 6) is -0.0279. The first-order valence-corrected chi connectivity index (χ1v) is 9.32. The summed E-state index contributed by atoms with van der Waals surface area (Å²) >= 11 is 0. The number of sulfonamides is 1. The Bertz CT molecular complexity index is 944. The number of carbonyl (C=O) groups excluding carboxylic acids is 1. The maximum absolute atomic E-state index is 12.7. The van der Waals surface area contributed by atoms with E-state index >= 15 is 0 Å². The molecule has 0 unspecified atom stereocenters. The number of rotatable bonds is 4. The summed E-state index contributed by atoms with van der Waals surface area (Å²) in [4.78, 5) is 24.0. The highest BCUT2D eigenvalue weighted by Gasteiger charge is 2.32. The standard InChI is InChI=1S/C16H17N3O6S/c1-12-5-10-25-15(12)16(20)17-6-8-18(9-7-17)26(23,24)14-4-2-3-13(11-14)19(21)22/h2-5,10-11H,6-9H2,1H3. The van der Waals surface area contributed by atoms with E-state index in [0.717, 1.165) is 11.6 Å². The SMILES string of the molecule is Cc1ccoc1C(=O)N1CCN(S(=O)(=O)c2cccc([N+](=O)[O-])c2)CC1. The van der Waals surface area contributed by atoms with Crippen LogP contribution >= 0.6 is 0 Å². The summed E-state index contributed by atoms with van der Waals surface area (Å²) in [6.45, 7) is 2.41. The van der Waals surface area contributed by atoms with Crippen molar-refractivity contribution in [2.75, 3.05) is 26.2 Å². The third kappa shape index (κ3) is 3.33. The lowest BCUT2D eigenvalue weighted by Crippen LogP contribution is -2.50. The Morgan fingerprint density at radius 3 is 2.46 bits per heavy atom. The zero-order valence-electron chi connectivity index (χ0n) is 14.0. The molecule has 2 aromatic rings. The quantitative estimate of drug-likeness (QED) is 0.589. The molecule has 26 heavy (non-hydrogen) atoms. The van der Waals surface area contributed by atoms with Crippen LogP contribution in [0, 0.1) is 17.0 Å². The molecule has 1 amide bonds. The highest BCUT2D eigenvalue weighted by Crippen LogP contribution is 2.22. The lowest BCUT2D eigenvalue weighted by atomic mass is 10.2. The molecule has 0 N–H and O–H groups in total. The van der Waals surface area contributed by atoms with Crippen LogP contribution in [0.5, 0.6) is 0 Å². The summed E-state index contributed by atoms with van der Waals surface area (Å²) < 4.78 is 31.8. The Balaban J connectivity index is 1.73. The summed E-state index contributed by atoms with van der Waals surface area (Å²) in [5, 5.41) is 10.9. The lowest BCUT2D eigenvalue weighted by molar-refractivity contribution is -0.385. The average molecular weight is 379 g/mol. The molecule has 9 nitrogen and oxygen atoms in total. The second kappa shape index (κ2) is 6.89. The van der Waals surface area contributed by atoms with Crippen molar-refractivity contribution in [1.82, 2.24) is 9.21 Å². The fourth-order valence-corrected chi connectivity index (χ4v) is 4.24. The van der Waals surface area contributed by atoms with Crippen LogP contribution in [0.2, 0.25) is 0 Å². The molecule has 0 saturated carbocycles. The molecule has 1 aromatic carbocycles. The molecule has 0 aliphatic carbocycles. The molecular formula is C16H17N3O6S. The first-order chi connectivity index (χ1) is 12.3. The van der Waals surface area contributed by atoms with Gasteiger partial charge in [-0.25, -0.2) is 8.42 Å². The lowest BCUT2D eigenvalue weighted by Gasteiger charge is -2.33. The molecule has 1 aliphatic heterocycles. The largest absolute Gasteiger partial charge is 0.459 e. The monoisotopic (exact) mass is 379 g/mol. The van der Waals surface area contributed by atoms with E-state index in [2.05, 4.69) is 0 Å². The van der Waals surface area contributed by atoms with Gasteiger partial charge in [-0.05, 0) is 19.1 Å². The minimum absolute atomic E-state index is 0.108. The van der Waals surface area contributed by atoms with Crippen LogP contribution in [0.1, 0.15) is 16.1 Å². The number of non-ortho nitro benzene ring substituents is 1. The van der Waals surface area contributed by atoms with Crippen LogP contribution in [-0.4, -0.2) is 54.6 Å². The summed E-state index contributed by atoms with van der Waals surface area (Å²) in [5.41, 5.74) is 0.440. The van der Waals surface area contributed by atoms with E-state index in [4.69, 9.17) is 4.42 Å². The van der Waals surface area contributed by atoms with Crippen molar-refractivity contribution in [3.8, 4) is 0 Å². The van der Waals surface area contributed by atoms with Gasteiger partial charge in [-0.3, -0.25) is 14.9 Å². The predicted molar refractivity (Wildman–Crippen MR) is 91.2 cm³/mol. The van der Waals surface area contributed by atoms with Gasteiger partial charge in [0, 0.05) is 43.9 Å². The molecule has 1 aromatic heterocycles. The third-order valence-corrected chi connectivity index (χ3v) is 6.14. The Morgan fingerprint density at radius 1 is 1.19 bits per heavy atom. The first-order valence-electron chi connectivity index (χ1n) is 7.88. The van der Waals surface area contributed by atoms with Crippen LogP contribution in [0.25, 0.3) is 0 Å². The molecular weight excluding hydrogens is 362 g/mol. The number of hydrogen-bond acceptors (Lipinski definition) is 6. The minimum atomic E-state index is -3.86. The molecule has 1 fully saturated rings. The molecule has 0 spiro atoms. The van der Waals surface area contributed by atoms with Crippen LogP contribution in [0.3, 0.4) is 0 Å². The van der Waals surface area contributed by atoms with Crippen molar-refractivity contribution < 1.29 is 22.6 Å². The van der Waals surface area contributed by atoms with Gasteiger partial charge in [-0.2, -0.15) is 4.31 Å². The van der Waals surface area contributed by atoms with Crippen LogP contribution in [-0.2, 0) is 10.0 Å². The summed E-state index contributed by atoms with van der Waals surface area (Å²) in [6.07, 6.45) is 1.44. The van der Waals surface area contributed by atoms with Gasteiger partial charge in [0.1, 0.15) is 0 Å². The van der Waals surface area contributed by atoms with E-state index in [-0.39, 0.29) is 48.4 Å². The second-order valence-electron chi connectivity index (χ2n) is 5.88. The van der Waals surface area contributed by atoms with Gasteiger partial charge < -0.3 is 9.32 Å². The topological polar surface area (TPSA) is 114 Å². The van der Waals surface area contributed by atoms with Gasteiger partial charge in [0.25, 0.3) is 11.6 Å². The van der Waals surface area contributed by atoms with Crippen molar-refractivity contribution in [3.63, 3.8) is 0 Å². The minimum Gasteiger partial charge on any atom is -0.459 e. The van der Waals surface area contributed by atoms with Gasteiger partial charge in [0.2, 0.25) is 10.0 Å². The van der Waals surface area contributed by atoms with Crippen molar-refractivity contribution in [2.24, 2.45) is 0 Å². The fourth-order valence-electron chi connectivity index (χ4n) is 2.77. The summed E-state index contributed by atoms with van der Waals surface area (Å²) in [7, 11) is -3.86. The molecule has 1 aliphatic rings. The third-order valence-electron chi connectivity index (χ3n) is 4.25. The van der Waals surface area contributed by atoms with Gasteiger partial charge in [0.05, 0.1) is 16.1 Å². The molecule has 10 heteroatoms. The molecule has 1 saturated heterocycles. The molecule has 2 heterocycles. The number of furan rings is 1. The Hall–Kier alpha value is -2.72. The maximum Gasteiger partial charge on any atom is 0.289 e. The number of nitrogens with zero attached hydrogens (tertiary/aromatic N) is 3. The van der Waals surface area contributed by atoms with Crippen LogP contribution < -0.4 is 0 Å². The van der Waals surface area contributed by atoms with E-state index in [1.54, 1.807) is 13.0 Å². The van der Waals surface area contributed by atoms with E-state index in [9.17, 15) is 23.3 Å². The van der Waals surface area contributed by atoms with Crippen molar-refractivity contribution in [3.05, 3.63) is 58.0 Å². The van der Waals surface area contributed by atoms with Crippen molar-refractivity contribution in [2.45, 2.75) is 11.8 Å². The van der Waals surface area contributed by atoms with Gasteiger partial charge in [-0.1, -0.05) is 6.07 Å². The van der Waals surface area contributed by atoms with E-state index < -0.39 is 14.9 Å². The molecule has 0 radical (unpaired) electrons. The number of amides is 1. The van der Waals surface area contributed by atoms with E-state index in [0.29, 0.717) is 0 Å². The van der Waals surface area contributed by atoms with Crippen molar-refractivity contribution >= 4 is 21.6 Å². The highest BCUT2D eigenvalue weighted by molar-refractivity contribution is 7.89. The number of hydrogen-bond donors (Lipinski definition) is 0. The van der Waals surface area contributed by atoms with Gasteiger partial charge >= 0.3 is 0 Å². The number of carbonyl (C=O) groups is 1. The maximum atomic E-state index is 12.7. The molecule has 0 bridgehead atoms. The average Bonchev–Trinajstić information content (AvgIpc) is 3.07. The van der Waals surface area contributed by atoms with Crippen LogP contribution in [0.15, 0.2) is 45.9 Å². The molecule has 0 atom stereocenters. The van der Waals surface area contributed by atoms with E-state index in [1.807, 2.05) is 0 Å². The smallest absolute Gasteiger partial charge is 0.289 e. The highest BCUT2D eigenvalue weighted by atomic mass is 32.2. The van der Waals surface area contributed by atoms with Crippen LogP contribution in [0.4, 0.5) is 5.69 Å². The van der Waals surface area contributed by atoms with Gasteiger partial charge in [0.15, 0.2) is 5.76 Å². The Morgan fingerprint density at radius 2 is 1.88 bits per heavy atom. The second-order valence-corrected chi connectivity index (χ2v) is 7.82. The number of aryl methyl sites for hydroxylation is 1. The normalized spacial score (nSPS) is 15.8. The van der Waals surface area contributed by atoms with Gasteiger partial charge in [-0.15, -0.1) is 0 Å². The number of piperazine rings is 1. The predicted octanol–water partition coefficient (Wildman–Crippen LogP) is 1.64. The zero-order valence-corrected chi connectivity index (χ0v) is 14.8. The number of nitro benzene ring substituents is 1. The summed E-state index contributed by atoms with van der Waals surface area (Å²) in [6, 6.07) is 6.63. The van der Waals surface area contributed by atoms with Crippen molar-refractivity contribution in [1.29, 1.82) is 0 Å². The zero-order chi connectivity index (χ0) is 18.9. The molecule has 138 valence electrons. The Kier molecular flexibility index (Phi) is 4.79. The van der Waals surface area contributed by atoms with E-state index in [1.165, 1.54) is 33.7 Å².